The second-order valence-electron chi connectivity index (χ2n) is 4.89. The molecule has 2 heterocycles. The van der Waals surface area contributed by atoms with Crippen molar-refractivity contribution in [1.82, 2.24) is 19.8 Å². The fourth-order valence-corrected chi connectivity index (χ4v) is 2.32. The third kappa shape index (κ3) is 3.18. The first-order valence-corrected chi connectivity index (χ1v) is 6.36. The van der Waals surface area contributed by atoms with Crippen molar-refractivity contribution in [2.45, 2.75) is 18.9 Å². The molecule has 7 heteroatoms. The number of likely N-dealkylation sites (N-methyl/N-ethyl adjacent to an activating group) is 2. The average molecular weight is 264 g/mol. The first kappa shape index (κ1) is 13.7. The predicted molar refractivity (Wildman–Crippen MR) is 72.5 cm³/mol. The summed E-state index contributed by atoms with van der Waals surface area (Å²) in [5, 5.41) is 0. The first-order chi connectivity index (χ1) is 9.11. The van der Waals surface area contributed by atoms with Crippen LogP contribution in [0.2, 0.25) is 0 Å². The molecule has 1 aromatic rings. The number of rotatable bonds is 4. The van der Waals surface area contributed by atoms with Crippen LogP contribution < -0.4 is 11.3 Å². The summed E-state index contributed by atoms with van der Waals surface area (Å²) in [6, 6.07) is 0.437. The number of nitrogens with one attached hydrogen (secondary N) is 1. The van der Waals surface area contributed by atoms with Crippen molar-refractivity contribution in [2.75, 3.05) is 32.6 Å². The van der Waals surface area contributed by atoms with Gasteiger partial charge >= 0.3 is 0 Å². The van der Waals surface area contributed by atoms with Crippen LogP contribution >= 0.6 is 0 Å². The summed E-state index contributed by atoms with van der Waals surface area (Å²) in [4.78, 5) is 24.2. The van der Waals surface area contributed by atoms with Crippen LogP contribution in [0.4, 0.5) is 5.82 Å². The standard InChI is InChI=1S/C12H20N6O/c1-17-5-3-4-9(17)8-18(2)12(19)10-6-15-11(16-13)7-14-10/h6-7,9H,3-5,8,13H2,1-2H3,(H,15,16). The number of amides is 1. The Morgan fingerprint density at radius 2 is 2.37 bits per heavy atom. The van der Waals surface area contributed by atoms with E-state index in [0.29, 0.717) is 24.1 Å². The maximum absolute atomic E-state index is 12.2. The molecular formula is C12H20N6O. The number of nitrogen functional groups attached to an aromatic ring is 1. The van der Waals surface area contributed by atoms with Crippen LogP contribution in [0.3, 0.4) is 0 Å². The van der Waals surface area contributed by atoms with Gasteiger partial charge in [-0.15, -0.1) is 0 Å². The minimum atomic E-state index is -0.114. The molecule has 19 heavy (non-hydrogen) atoms. The van der Waals surface area contributed by atoms with Crippen LogP contribution in [0.5, 0.6) is 0 Å². The summed E-state index contributed by atoms with van der Waals surface area (Å²) in [6.45, 7) is 1.82. The highest BCUT2D eigenvalue weighted by Crippen LogP contribution is 2.16. The molecule has 3 N–H and O–H groups in total. The molecular weight excluding hydrogens is 244 g/mol. The van der Waals surface area contributed by atoms with E-state index >= 15 is 0 Å². The molecule has 0 spiro atoms. The number of aromatic nitrogens is 2. The Morgan fingerprint density at radius 3 is 2.89 bits per heavy atom. The monoisotopic (exact) mass is 264 g/mol. The molecule has 1 unspecified atom stereocenters. The lowest BCUT2D eigenvalue weighted by molar-refractivity contribution is 0.0755. The maximum atomic E-state index is 12.2. The van der Waals surface area contributed by atoms with Crippen molar-refractivity contribution in [3.8, 4) is 0 Å². The van der Waals surface area contributed by atoms with Gasteiger partial charge in [-0.3, -0.25) is 4.79 Å². The molecule has 0 saturated carbocycles. The lowest BCUT2D eigenvalue weighted by Crippen LogP contribution is -2.39. The van der Waals surface area contributed by atoms with Gasteiger partial charge in [-0.2, -0.15) is 0 Å². The molecule has 1 aliphatic rings. The number of nitrogens with zero attached hydrogens (tertiary/aromatic N) is 4. The van der Waals surface area contributed by atoms with E-state index in [1.54, 1.807) is 11.9 Å². The van der Waals surface area contributed by atoms with Gasteiger partial charge in [-0.05, 0) is 26.4 Å². The van der Waals surface area contributed by atoms with Gasteiger partial charge in [-0.25, -0.2) is 15.8 Å². The van der Waals surface area contributed by atoms with E-state index in [4.69, 9.17) is 5.84 Å². The zero-order valence-electron chi connectivity index (χ0n) is 11.3. The first-order valence-electron chi connectivity index (χ1n) is 6.36. The molecule has 0 aliphatic carbocycles. The highest BCUT2D eigenvalue weighted by atomic mass is 16.2. The fraction of sp³-hybridized carbons (Fsp3) is 0.583. The molecule has 1 fully saturated rings. The number of hydrazine groups is 1. The topological polar surface area (TPSA) is 87.4 Å². The van der Waals surface area contributed by atoms with Crippen LogP contribution in [0, 0.1) is 0 Å². The van der Waals surface area contributed by atoms with Crippen LogP contribution in [-0.2, 0) is 0 Å². The van der Waals surface area contributed by atoms with E-state index in [9.17, 15) is 4.79 Å². The lowest BCUT2D eigenvalue weighted by Gasteiger charge is -2.25. The van der Waals surface area contributed by atoms with Crippen molar-refractivity contribution in [3.63, 3.8) is 0 Å². The van der Waals surface area contributed by atoms with E-state index < -0.39 is 0 Å². The molecule has 0 radical (unpaired) electrons. The molecule has 1 aromatic heterocycles. The minimum Gasteiger partial charge on any atom is -0.339 e. The van der Waals surface area contributed by atoms with E-state index in [1.807, 2.05) is 0 Å². The van der Waals surface area contributed by atoms with E-state index in [1.165, 1.54) is 18.8 Å². The largest absolute Gasteiger partial charge is 0.339 e. The van der Waals surface area contributed by atoms with Gasteiger partial charge in [0.25, 0.3) is 5.91 Å². The number of likely N-dealkylation sites (tertiary alicyclic amines) is 1. The van der Waals surface area contributed by atoms with Crippen molar-refractivity contribution in [1.29, 1.82) is 0 Å². The van der Waals surface area contributed by atoms with Crippen molar-refractivity contribution in [2.24, 2.45) is 5.84 Å². The smallest absolute Gasteiger partial charge is 0.273 e. The summed E-state index contributed by atoms with van der Waals surface area (Å²) in [5.74, 6) is 5.53. The third-order valence-corrected chi connectivity index (χ3v) is 3.52. The zero-order chi connectivity index (χ0) is 13.8. The molecule has 7 nitrogen and oxygen atoms in total. The molecule has 1 amide bonds. The highest BCUT2D eigenvalue weighted by molar-refractivity contribution is 5.91. The number of hydrogen-bond acceptors (Lipinski definition) is 6. The minimum absolute atomic E-state index is 0.114. The van der Waals surface area contributed by atoms with Crippen LogP contribution in [0.1, 0.15) is 23.3 Å². The Kier molecular flexibility index (Phi) is 4.28. The summed E-state index contributed by atoms with van der Waals surface area (Å²) in [6.07, 6.45) is 5.21. The van der Waals surface area contributed by atoms with Gasteiger partial charge in [0.2, 0.25) is 0 Å². The summed E-state index contributed by atoms with van der Waals surface area (Å²) >= 11 is 0. The normalized spacial score (nSPS) is 19.4. The molecule has 0 aromatic carbocycles. The van der Waals surface area contributed by atoms with Gasteiger partial charge in [0.15, 0.2) is 5.82 Å². The zero-order valence-corrected chi connectivity index (χ0v) is 11.3. The SMILES string of the molecule is CN(CC1CCCN1C)C(=O)c1cnc(NN)cn1. The van der Waals surface area contributed by atoms with Crippen molar-refractivity contribution < 1.29 is 4.79 Å². The van der Waals surface area contributed by atoms with Crippen molar-refractivity contribution >= 4 is 11.7 Å². The third-order valence-electron chi connectivity index (χ3n) is 3.52. The van der Waals surface area contributed by atoms with Gasteiger partial charge in [-0.1, -0.05) is 0 Å². The number of carbonyl (C=O) groups excluding carboxylic acids is 1. The van der Waals surface area contributed by atoms with Crippen LogP contribution in [0.15, 0.2) is 12.4 Å². The number of hydrogen-bond donors (Lipinski definition) is 2. The molecule has 1 atom stereocenters. The highest BCUT2D eigenvalue weighted by Gasteiger charge is 2.24. The second-order valence-corrected chi connectivity index (χ2v) is 4.89. The second kappa shape index (κ2) is 5.94. The van der Waals surface area contributed by atoms with E-state index in [-0.39, 0.29) is 5.91 Å². The van der Waals surface area contributed by atoms with Gasteiger partial charge in [0, 0.05) is 19.6 Å². The number of anilines is 1. The van der Waals surface area contributed by atoms with Gasteiger partial charge < -0.3 is 15.2 Å². The molecule has 0 bridgehead atoms. The molecule has 1 aliphatic heterocycles. The van der Waals surface area contributed by atoms with E-state index in [2.05, 4.69) is 27.3 Å². The fourth-order valence-electron chi connectivity index (χ4n) is 2.32. The summed E-state index contributed by atoms with van der Waals surface area (Å²) in [7, 11) is 3.89. The molecule has 1 saturated heterocycles. The Balaban J connectivity index is 1.97. The Bertz CT molecular complexity index is 434. The lowest BCUT2D eigenvalue weighted by atomic mass is 10.2. The Morgan fingerprint density at radius 1 is 1.58 bits per heavy atom. The van der Waals surface area contributed by atoms with Crippen LogP contribution in [0.25, 0.3) is 0 Å². The Labute approximate surface area is 112 Å². The molecule has 2 rings (SSSR count). The quantitative estimate of drug-likeness (QED) is 0.584. The predicted octanol–water partition coefficient (Wildman–Crippen LogP) is -0.0716. The van der Waals surface area contributed by atoms with Crippen LogP contribution in [-0.4, -0.2) is 58.9 Å². The van der Waals surface area contributed by atoms with Gasteiger partial charge in [0.05, 0.1) is 12.4 Å². The van der Waals surface area contributed by atoms with Crippen molar-refractivity contribution in [3.05, 3.63) is 18.1 Å². The number of carbonyl (C=O) groups is 1. The summed E-state index contributed by atoms with van der Waals surface area (Å²) in [5.41, 5.74) is 2.72. The van der Waals surface area contributed by atoms with E-state index in [0.717, 1.165) is 13.0 Å². The number of nitrogens with two attached hydrogens (primary N) is 1. The average Bonchev–Trinajstić information content (AvgIpc) is 2.83. The van der Waals surface area contributed by atoms with Gasteiger partial charge in [0.1, 0.15) is 5.69 Å². The summed E-state index contributed by atoms with van der Waals surface area (Å²) < 4.78 is 0. The maximum Gasteiger partial charge on any atom is 0.273 e. The molecule has 104 valence electrons. The Hall–Kier alpha value is -1.73.